The number of para-hydroxylation sites is 2. The average Bonchev–Trinajstić information content (AvgIpc) is 3.67. The lowest BCUT2D eigenvalue weighted by atomic mass is 9.95. The van der Waals surface area contributed by atoms with E-state index in [0.29, 0.717) is 0 Å². The summed E-state index contributed by atoms with van der Waals surface area (Å²) >= 11 is 0. The van der Waals surface area contributed by atoms with Gasteiger partial charge in [0.1, 0.15) is 11.2 Å². The van der Waals surface area contributed by atoms with Crippen molar-refractivity contribution in [2.75, 3.05) is 4.90 Å². The van der Waals surface area contributed by atoms with E-state index in [0.717, 1.165) is 98.6 Å². The second-order valence-electron chi connectivity index (χ2n) is 14.6. The highest BCUT2D eigenvalue weighted by Crippen LogP contribution is 2.45. The quantitative estimate of drug-likeness (QED) is 0.120. The van der Waals surface area contributed by atoms with Crippen molar-refractivity contribution in [1.29, 1.82) is 0 Å². The molecule has 274 valence electrons. The first-order chi connectivity index (χ1) is 28.6. The Morgan fingerprint density at radius 2 is 1.00 bits per heavy atom. The van der Waals surface area contributed by atoms with Gasteiger partial charge in [-0.05, 0) is 65.4 Å². The highest BCUT2D eigenvalue weighted by Gasteiger charge is 2.30. The van der Waals surface area contributed by atoms with E-state index in [2.05, 4.69) is 132 Å². The number of hydrogen-bond donors (Lipinski definition) is 0. The molecule has 0 radical (unpaired) electrons. The summed E-state index contributed by atoms with van der Waals surface area (Å²) in [5.74, 6) is 0. The number of fused-ring (bicyclic) bond motifs is 8. The summed E-state index contributed by atoms with van der Waals surface area (Å²) in [4.78, 5) is 7.72. The lowest BCUT2D eigenvalue weighted by molar-refractivity contribution is 0.592. The minimum Gasteiger partial charge on any atom is -0.456 e. The van der Waals surface area contributed by atoms with Crippen LogP contribution in [-0.2, 0) is 4.57 Å². The SMILES string of the molecule is O=P(c1ccccc1)(c1ccccc1)c1ccc2c(c1)nc(-c1ccc(N(c3ccccc3)c3ccc4oc5ccccc5c4c3)cc1)c1ccc3ccccc3c12. The maximum Gasteiger partial charge on any atom is 0.171 e. The summed E-state index contributed by atoms with van der Waals surface area (Å²) in [6, 6.07) is 72.5. The zero-order valence-electron chi connectivity index (χ0n) is 31.4. The second-order valence-corrected chi connectivity index (χ2v) is 17.4. The summed E-state index contributed by atoms with van der Waals surface area (Å²) in [5, 5.41) is 10.1. The Hall–Kier alpha value is -7.26. The van der Waals surface area contributed by atoms with Crippen LogP contribution in [0.4, 0.5) is 17.1 Å². The summed E-state index contributed by atoms with van der Waals surface area (Å²) < 4.78 is 21.7. The number of pyridine rings is 1. The van der Waals surface area contributed by atoms with E-state index in [1.54, 1.807) is 0 Å². The summed E-state index contributed by atoms with van der Waals surface area (Å²) in [7, 11) is -3.23. The summed E-state index contributed by atoms with van der Waals surface area (Å²) in [5.41, 5.74) is 7.53. The highest BCUT2D eigenvalue weighted by atomic mass is 31.2. The van der Waals surface area contributed by atoms with E-state index < -0.39 is 7.14 Å². The van der Waals surface area contributed by atoms with Crippen molar-refractivity contribution < 1.29 is 8.98 Å². The van der Waals surface area contributed by atoms with Crippen LogP contribution in [0.1, 0.15) is 0 Å². The zero-order valence-corrected chi connectivity index (χ0v) is 32.3. The van der Waals surface area contributed by atoms with Crippen LogP contribution >= 0.6 is 7.14 Å². The molecule has 0 aliphatic carbocycles. The van der Waals surface area contributed by atoms with Gasteiger partial charge in [0.25, 0.3) is 0 Å². The Balaban J connectivity index is 1.10. The molecule has 0 bridgehead atoms. The van der Waals surface area contributed by atoms with Gasteiger partial charge in [0.15, 0.2) is 7.14 Å². The van der Waals surface area contributed by atoms with Crippen molar-refractivity contribution in [2.24, 2.45) is 0 Å². The molecular formula is C53H35N2O2P. The van der Waals surface area contributed by atoms with Crippen molar-refractivity contribution in [3.63, 3.8) is 0 Å². The standard InChI is InChI=1S/C53H35N2O2P/c56-58(41-17-6-2-7-18-41,42-19-8-3-9-20-42)43-30-32-46-49(35-43)54-53(47-31-26-36-14-10-11-21-44(36)52(46)47)37-24-27-39(28-25-37)55(38-15-4-1-5-16-38)40-29-33-51-48(34-40)45-22-12-13-23-50(45)57-51/h1-35H. The lowest BCUT2D eigenvalue weighted by Gasteiger charge is -2.25. The maximum absolute atomic E-state index is 15.5. The number of hydrogen-bond acceptors (Lipinski definition) is 4. The Morgan fingerprint density at radius 1 is 0.414 bits per heavy atom. The predicted octanol–water partition coefficient (Wildman–Crippen LogP) is 13.2. The number of aromatic nitrogens is 1. The van der Waals surface area contributed by atoms with Gasteiger partial charge in [-0.1, -0.05) is 158 Å². The Morgan fingerprint density at radius 3 is 1.74 bits per heavy atom. The third kappa shape index (κ3) is 5.53. The van der Waals surface area contributed by atoms with Gasteiger partial charge in [-0.3, -0.25) is 0 Å². The molecule has 4 nitrogen and oxygen atoms in total. The molecule has 0 unspecified atom stereocenters. The van der Waals surface area contributed by atoms with E-state index >= 15 is 4.57 Å². The fourth-order valence-corrected chi connectivity index (χ4v) is 11.2. The smallest absolute Gasteiger partial charge is 0.171 e. The summed E-state index contributed by atoms with van der Waals surface area (Å²) in [6.07, 6.45) is 0. The molecule has 0 spiro atoms. The third-order valence-electron chi connectivity index (χ3n) is 11.3. The number of anilines is 3. The molecule has 5 heteroatoms. The van der Waals surface area contributed by atoms with Gasteiger partial charge in [0, 0.05) is 65.5 Å². The van der Waals surface area contributed by atoms with Crippen LogP contribution in [0, 0.1) is 0 Å². The molecule has 0 amide bonds. The minimum absolute atomic E-state index is 0.756. The van der Waals surface area contributed by atoms with Crippen molar-refractivity contribution in [3.8, 4) is 11.3 Å². The molecule has 11 aromatic rings. The average molecular weight is 763 g/mol. The molecule has 0 saturated carbocycles. The van der Waals surface area contributed by atoms with E-state index in [4.69, 9.17) is 9.40 Å². The second kappa shape index (κ2) is 13.7. The minimum atomic E-state index is -3.23. The van der Waals surface area contributed by atoms with E-state index in [-0.39, 0.29) is 0 Å². The maximum atomic E-state index is 15.5. The van der Waals surface area contributed by atoms with Crippen LogP contribution in [0.5, 0.6) is 0 Å². The van der Waals surface area contributed by atoms with Gasteiger partial charge in [-0.2, -0.15) is 0 Å². The van der Waals surface area contributed by atoms with Crippen LogP contribution in [0.3, 0.4) is 0 Å². The molecular weight excluding hydrogens is 728 g/mol. The van der Waals surface area contributed by atoms with E-state index in [1.165, 1.54) is 0 Å². The molecule has 0 saturated heterocycles. The van der Waals surface area contributed by atoms with Gasteiger partial charge in [-0.25, -0.2) is 4.98 Å². The molecule has 58 heavy (non-hydrogen) atoms. The van der Waals surface area contributed by atoms with Crippen molar-refractivity contribution >= 4 is 94.5 Å². The first kappa shape index (κ1) is 34.0. The molecule has 0 N–H and O–H groups in total. The molecule has 0 aliphatic rings. The molecule has 2 heterocycles. The fourth-order valence-electron chi connectivity index (χ4n) is 8.55. The highest BCUT2D eigenvalue weighted by molar-refractivity contribution is 7.85. The predicted molar refractivity (Wildman–Crippen MR) is 244 cm³/mol. The van der Waals surface area contributed by atoms with Crippen LogP contribution < -0.4 is 20.8 Å². The number of rotatable bonds is 7. The third-order valence-corrected chi connectivity index (χ3v) is 14.4. The van der Waals surface area contributed by atoms with Gasteiger partial charge in [0.05, 0.1) is 11.2 Å². The Labute approximate surface area is 335 Å². The van der Waals surface area contributed by atoms with Gasteiger partial charge < -0.3 is 13.9 Å². The molecule has 0 aliphatic heterocycles. The van der Waals surface area contributed by atoms with Gasteiger partial charge >= 0.3 is 0 Å². The van der Waals surface area contributed by atoms with Crippen LogP contribution in [-0.4, -0.2) is 4.98 Å². The normalized spacial score (nSPS) is 11.9. The topological polar surface area (TPSA) is 46.3 Å². The summed E-state index contributed by atoms with van der Waals surface area (Å²) in [6.45, 7) is 0. The van der Waals surface area contributed by atoms with Crippen molar-refractivity contribution in [3.05, 3.63) is 212 Å². The fraction of sp³-hybridized carbons (Fsp3) is 0. The zero-order chi connectivity index (χ0) is 38.6. The number of benzene rings is 9. The van der Waals surface area contributed by atoms with Crippen LogP contribution in [0.2, 0.25) is 0 Å². The van der Waals surface area contributed by atoms with Crippen molar-refractivity contribution in [1.82, 2.24) is 4.98 Å². The number of furan rings is 1. The monoisotopic (exact) mass is 762 g/mol. The molecule has 11 rings (SSSR count). The first-order valence-corrected chi connectivity index (χ1v) is 21.2. The molecule has 0 fully saturated rings. The molecule has 9 aromatic carbocycles. The Kier molecular flexibility index (Phi) is 8.06. The van der Waals surface area contributed by atoms with Crippen LogP contribution in [0.15, 0.2) is 217 Å². The Bertz CT molecular complexity index is 3320. The largest absolute Gasteiger partial charge is 0.456 e. The number of nitrogens with zero attached hydrogens (tertiary/aromatic N) is 2. The van der Waals surface area contributed by atoms with Gasteiger partial charge in [-0.15, -0.1) is 0 Å². The van der Waals surface area contributed by atoms with E-state index in [9.17, 15) is 0 Å². The first-order valence-electron chi connectivity index (χ1n) is 19.5. The van der Waals surface area contributed by atoms with Crippen LogP contribution in [0.25, 0.3) is 65.6 Å². The lowest BCUT2D eigenvalue weighted by Crippen LogP contribution is -2.25. The van der Waals surface area contributed by atoms with Crippen molar-refractivity contribution in [2.45, 2.75) is 0 Å². The van der Waals surface area contributed by atoms with E-state index in [1.807, 2.05) is 84.9 Å². The van der Waals surface area contributed by atoms with Gasteiger partial charge in [0.2, 0.25) is 0 Å². The molecule has 0 atom stereocenters. The molecule has 2 aromatic heterocycles.